The molecule has 3 nitrogen and oxygen atoms in total. The minimum atomic E-state index is -0.578. The fourth-order valence-corrected chi connectivity index (χ4v) is 2.83. The molecule has 0 aromatic heterocycles. The Balaban J connectivity index is 4.18. The van der Waals surface area contributed by atoms with E-state index in [0.29, 0.717) is 0 Å². The maximum absolute atomic E-state index is 11.3. The Morgan fingerprint density at radius 3 is 2.14 bits per heavy atom. The van der Waals surface area contributed by atoms with Crippen LogP contribution in [-0.2, 0) is 9.53 Å². The molecule has 0 aromatic rings. The highest BCUT2D eigenvalue weighted by Gasteiger charge is 2.32. The molecule has 0 fully saturated rings. The third-order valence-corrected chi connectivity index (χ3v) is 5.63. The summed E-state index contributed by atoms with van der Waals surface area (Å²) in [6, 6.07) is 0. The van der Waals surface area contributed by atoms with Crippen LogP contribution >= 0.6 is 21.6 Å². The highest BCUT2D eigenvalue weighted by Crippen LogP contribution is 2.43. The zero-order chi connectivity index (χ0) is 11.4. The monoisotopic (exact) mass is 238 g/mol. The first kappa shape index (κ1) is 14.1. The molecule has 0 amide bonds. The molecule has 0 unspecified atom stereocenters. The third kappa shape index (κ3) is 4.57. The van der Waals surface area contributed by atoms with E-state index in [2.05, 4.69) is 4.74 Å². The molecule has 0 atom stereocenters. The first-order chi connectivity index (χ1) is 6.25. The second kappa shape index (κ2) is 5.28. The van der Waals surface area contributed by atoms with Gasteiger partial charge in [0.05, 0.1) is 13.7 Å². The number of hydrogen-bond donors (Lipinski definition) is 1. The number of hydrogen-bond acceptors (Lipinski definition) is 5. The highest BCUT2D eigenvalue weighted by molar-refractivity contribution is 8.77. The summed E-state index contributed by atoms with van der Waals surface area (Å²) in [4.78, 5) is 11.3. The van der Waals surface area contributed by atoms with Crippen LogP contribution in [0.2, 0.25) is 0 Å². The van der Waals surface area contributed by atoms with Crippen molar-refractivity contribution in [1.29, 1.82) is 0 Å². The van der Waals surface area contributed by atoms with E-state index in [-0.39, 0.29) is 17.3 Å². The standard InChI is InChI=1S/C9H18O3S2/c1-8(2,6-10)13-14-9(3,4)7(11)12-5/h10H,6H2,1-5H3. The third-order valence-electron chi connectivity index (χ3n) is 1.53. The highest BCUT2D eigenvalue weighted by atomic mass is 33.1. The lowest BCUT2D eigenvalue weighted by Crippen LogP contribution is -2.30. The summed E-state index contributed by atoms with van der Waals surface area (Å²) in [5, 5.41) is 9.04. The molecule has 0 rings (SSSR count). The average molecular weight is 238 g/mol. The van der Waals surface area contributed by atoms with E-state index in [1.165, 1.54) is 28.7 Å². The van der Waals surface area contributed by atoms with Crippen LogP contribution in [0, 0.1) is 0 Å². The SMILES string of the molecule is COC(=O)C(C)(C)SSC(C)(C)CO. The van der Waals surface area contributed by atoms with Gasteiger partial charge in [-0.05, 0) is 27.7 Å². The van der Waals surface area contributed by atoms with Crippen LogP contribution in [0.4, 0.5) is 0 Å². The van der Waals surface area contributed by atoms with E-state index in [1.54, 1.807) is 0 Å². The topological polar surface area (TPSA) is 46.5 Å². The van der Waals surface area contributed by atoms with Crippen molar-refractivity contribution in [3.05, 3.63) is 0 Å². The zero-order valence-electron chi connectivity index (χ0n) is 9.29. The molecule has 0 aliphatic heterocycles. The van der Waals surface area contributed by atoms with Gasteiger partial charge >= 0.3 is 5.97 Å². The summed E-state index contributed by atoms with van der Waals surface area (Å²) in [6.07, 6.45) is 0. The average Bonchev–Trinajstić information content (AvgIpc) is 2.14. The lowest BCUT2D eigenvalue weighted by Gasteiger charge is -2.26. The van der Waals surface area contributed by atoms with Gasteiger partial charge in [-0.2, -0.15) is 0 Å². The number of carbonyl (C=O) groups is 1. The van der Waals surface area contributed by atoms with Gasteiger partial charge in [0, 0.05) is 4.75 Å². The molecular formula is C9H18O3S2. The molecule has 5 heteroatoms. The van der Waals surface area contributed by atoms with Crippen LogP contribution < -0.4 is 0 Å². The van der Waals surface area contributed by atoms with E-state index in [0.717, 1.165) is 0 Å². The summed E-state index contributed by atoms with van der Waals surface area (Å²) >= 11 is 0. The maximum Gasteiger partial charge on any atom is 0.322 e. The van der Waals surface area contributed by atoms with Crippen molar-refractivity contribution < 1.29 is 14.6 Å². The van der Waals surface area contributed by atoms with Gasteiger partial charge in [0.15, 0.2) is 0 Å². The number of carbonyl (C=O) groups excluding carboxylic acids is 1. The lowest BCUT2D eigenvalue weighted by atomic mass is 10.2. The summed E-state index contributed by atoms with van der Waals surface area (Å²) in [6.45, 7) is 7.56. The van der Waals surface area contributed by atoms with Crippen molar-refractivity contribution in [2.24, 2.45) is 0 Å². The smallest absolute Gasteiger partial charge is 0.322 e. The van der Waals surface area contributed by atoms with E-state index in [9.17, 15) is 4.79 Å². The van der Waals surface area contributed by atoms with Gasteiger partial charge in [-0.3, -0.25) is 4.79 Å². The zero-order valence-corrected chi connectivity index (χ0v) is 10.9. The molecule has 0 spiro atoms. The van der Waals surface area contributed by atoms with Crippen molar-refractivity contribution in [3.8, 4) is 0 Å². The molecule has 0 saturated heterocycles. The normalized spacial score (nSPS) is 12.7. The van der Waals surface area contributed by atoms with Crippen molar-refractivity contribution in [3.63, 3.8) is 0 Å². The Labute approximate surface area is 93.4 Å². The molecule has 0 saturated carbocycles. The fourth-order valence-electron chi connectivity index (χ4n) is 0.523. The molecule has 0 bridgehead atoms. The number of ether oxygens (including phenoxy) is 1. The Kier molecular flexibility index (Phi) is 5.33. The Bertz CT molecular complexity index is 202. The van der Waals surface area contributed by atoms with Crippen molar-refractivity contribution in [2.75, 3.05) is 13.7 Å². The number of methoxy groups -OCH3 is 1. The summed E-state index contributed by atoms with van der Waals surface area (Å²) in [7, 11) is 4.30. The van der Waals surface area contributed by atoms with Gasteiger partial charge in [-0.1, -0.05) is 21.6 Å². The molecule has 84 valence electrons. The lowest BCUT2D eigenvalue weighted by molar-refractivity contribution is -0.142. The molecule has 0 radical (unpaired) electrons. The predicted molar refractivity (Wildman–Crippen MR) is 62.4 cm³/mol. The van der Waals surface area contributed by atoms with Crippen LogP contribution in [0.3, 0.4) is 0 Å². The number of esters is 1. The van der Waals surface area contributed by atoms with E-state index in [1.807, 2.05) is 27.7 Å². The van der Waals surface area contributed by atoms with Crippen molar-refractivity contribution >= 4 is 27.6 Å². The maximum atomic E-state index is 11.3. The van der Waals surface area contributed by atoms with Crippen LogP contribution in [0.5, 0.6) is 0 Å². The van der Waals surface area contributed by atoms with Gasteiger partial charge in [-0.25, -0.2) is 0 Å². The Morgan fingerprint density at radius 2 is 1.79 bits per heavy atom. The molecule has 14 heavy (non-hydrogen) atoms. The van der Waals surface area contributed by atoms with Crippen LogP contribution in [-0.4, -0.2) is 34.3 Å². The summed E-state index contributed by atoms with van der Waals surface area (Å²) in [5.74, 6) is -0.247. The van der Waals surface area contributed by atoms with Crippen LogP contribution in [0.15, 0.2) is 0 Å². The van der Waals surface area contributed by atoms with Crippen molar-refractivity contribution in [2.45, 2.75) is 37.2 Å². The number of aliphatic hydroxyl groups excluding tert-OH is 1. The number of rotatable bonds is 5. The summed E-state index contributed by atoms with van der Waals surface area (Å²) in [5.41, 5.74) is 0. The molecule has 0 heterocycles. The van der Waals surface area contributed by atoms with E-state index < -0.39 is 4.75 Å². The fraction of sp³-hybridized carbons (Fsp3) is 0.889. The molecule has 0 aliphatic rings. The second-order valence-corrected chi connectivity index (χ2v) is 7.55. The van der Waals surface area contributed by atoms with E-state index >= 15 is 0 Å². The van der Waals surface area contributed by atoms with Gasteiger partial charge in [0.2, 0.25) is 0 Å². The minimum absolute atomic E-state index is 0.0852. The molecule has 1 N–H and O–H groups in total. The van der Waals surface area contributed by atoms with Gasteiger partial charge < -0.3 is 9.84 Å². The van der Waals surface area contributed by atoms with Crippen LogP contribution in [0.25, 0.3) is 0 Å². The first-order valence-corrected chi connectivity index (χ1v) is 6.46. The van der Waals surface area contributed by atoms with E-state index in [4.69, 9.17) is 5.11 Å². The van der Waals surface area contributed by atoms with Crippen LogP contribution in [0.1, 0.15) is 27.7 Å². The summed E-state index contributed by atoms with van der Waals surface area (Å²) < 4.78 is 3.86. The molecule has 0 aromatic carbocycles. The molecular weight excluding hydrogens is 220 g/mol. The predicted octanol–water partition coefficient (Wildman–Crippen LogP) is 2.09. The molecule has 0 aliphatic carbocycles. The quantitative estimate of drug-likeness (QED) is 0.587. The minimum Gasteiger partial charge on any atom is -0.468 e. The Hall–Kier alpha value is 0.130. The van der Waals surface area contributed by atoms with Gasteiger partial charge in [0.25, 0.3) is 0 Å². The van der Waals surface area contributed by atoms with Gasteiger partial charge in [0.1, 0.15) is 4.75 Å². The Morgan fingerprint density at radius 1 is 1.29 bits per heavy atom. The number of aliphatic hydroxyl groups is 1. The second-order valence-electron chi connectivity index (χ2n) is 4.09. The van der Waals surface area contributed by atoms with Gasteiger partial charge in [-0.15, -0.1) is 0 Å². The van der Waals surface area contributed by atoms with Crippen molar-refractivity contribution in [1.82, 2.24) is 0 Å². The largest absolute Gasteiger partial charge is 0.468 e. The first-order valence-electron chi connectivity index (χ1n) is 4.31.